The van der Waals surface area contributed by atoms with Crippen LogP contribution in [0.4, 0.5) is 0 Å². The van der Waals surface area contributed by atoms with Crippen molar-refractivity contribution in [2.75, 3.05) is 32.8 Å². The first kappa shape index (κ1) is 32.9. The van der Waals surface area contributed by atoms with E-state index in [-0.39, 0.29) is 16.7 Å². The minimum Gasteiger partial charge on any atom is -0.508 e. The lowest BCUT2D eigenvalue weighted by Crippen LogP contribution is -2.44. The number of benzene rings is 4. The molecule has 5 N–H and O–H groups in total. The lowest BCUT2D eigenvalue weighted by Gasteiger charge is -2.43. The molecule has 1 atom stereocenters. The van der Waals surface area contributed by atoms with Crippen LogP contribution in [-0.2, 0) is 18.3 Å². The first-order valence-electron chi connectivity index (χ1n) is 17.5. The van der Waals surface area contributed by atoms with Gasteiger partial charge in [0.05, 0.1) is 18.2 Å². The fraction of sp³-hybridized carbons (Fsp3) is 0.341. The molecule has 8 nitrogen and oxygen atoms in total. The molecule has 1 aromatic heterocycles. The second-order valence-corrected chi connectivity index (χ2v) is 13.6. The summed E-state index contributed by atoms with van der Waals surface area (Å²) in [6, 6.07) is 31.8. The van der Waals surface area contributed by atoms with Gasteiger partial charge in [-0.3, -0.25) is 4.79 Å². The number of nitrogens with one attached hydrogen (secondary N) is 2. The molecule has 2 fully saturated rings. The van der Waals surface area contributed by atoms with Crippen molar-refractivity contribution >= 4 is 10.9 Å². The number of rotatable bonds is 13. The highest BCUT2D eigenvalue weighted by Gasteiger charge is 2.42. The number of aromatic amines is 1. The molecule has 0 bridgehead atoms. The number of hydrogen-bond acceptors (Lipinski definition) is 7. The molecule has 7 rings (SSSR count). The lowest BCUT2D eigenvalue weighted by atomic mass is 9.67. The molecule has 0 radical (unpaired) electrons. The molecule has 4 aromatic carbocycles. The number of piperidine rings is 1. The number of fused-ring (bicyclic) bond motifs is 1. The van der Waals surface area contributed by atoms with Gasteiger partial charge in [0.2, 0.25) is 5.56 Å². The maximum atomic E-state index is 11.7. The van der Waals surface area contributed by atoms with Crippen LogP contribution in [-0.4, -0.2) is 64.0 Å². The Morgan fingerprint density at radius 1 is 0.857 bits per heavy atom. The molecule has 2 heterocycles. The van der Waals surface area contributed by atoms with Gasteiger partial charge in [0.15, 0.2) is 0 Å². The number of aromatic hydroxyl groups is 2. The molecular weight excluding hydrogens is 614 g/mol. The zero-order valence-electron chi connectivity index (χ0n) is 27.8. The minimum absolute atomic E-state index is 0.0230. The van der Waals surface area contributed by atoms with Crippen LogP contribution in [0.25, 0.3) is 10.9 Å². The summed E-state index contributed by atoms with van der Waals surface area (Å²) < 4.78 is 6.14. The predicted molar refractivity (Wildman–Crippen MR) is 193 cm³/mol. The van der Waals surface area contributed by atoms with E-state index >= 15 is 0 Å². The Balaban J connectivity index is 0.914. The quantitative estimate of drug-likeness (QED) is 0.0989. The highest BCUT2D eigenvalue weighted by atomic mass is 16.5. The third-order valence-electron chi connectivity index (χ3n) is 10.4. The SMILES string of the molecule is O=c1ccc2c([C@@H](O)CNCCc3ccc(OCCc4ccc(O)c(C5(c6ccccc6)CCN(C6CC6)CC5)c4)cc3)ccc(O)c2[nH]1. The van der Waals surface area contributed by atoms with Crippen LogP contribution in [0.5, 0.6) is 17.2 Å². The van der Waals surface area contributed by atoms with Gasteiger partial charge < -0.3 is 35.3 Å². The van der Waals surface area contributed by atoms with E-state index < -0.39 is 6.10 Å². The van der Waals surface area contributed by atoms with Crippen molar-refractivity contribution in [2.45, 2.75) is 56.1 Å². The van der Waals surface area contributed by atoms with Crippen molar-refractivity contribution in [2.24, 2.45) is 0 Å². The summed E-state index contributed by atoms with van der Waals surface area (Å²) in [5, 5.41) is 36.0. The Kier molecular flexibility index (Phi) is 9.71. The number of pyridine rings is 1. The van der Waals surface area contributed by atoms with Crippen LogP contribution >= 0.6 is 0 Å². The average molecular weight is 660 g/mol. The summed E-state index contributed by atoms with van der Waals surface area (Å²) in [6.45, 7) is 3.67. The summed E-state index contributed by atoms with van der Waals surface area (Å²) >= 11 is 0. The fourth-order valence-corrected chi connectivity index (χ4v) is 7.47. The monoisotopic (exact) mass is 659 g/mol. The summed E-state index contributed by atoms with van der Waals surface area (Å²) in [7, 11) is 0. The van der Waals surface area contributed by atoms with Gasteiger partial charge in [-0.25, -0.2) is 0 Å². The zero-order chi connectivity index (χ0) is 33.8. The summed E-state index contributed by atoms with van der Waals surface area (Å²) in [5.74, 6) is 1.17. The third-order valence-corrected chi connectivity index (χ3v) is 10.4. The number of aromatic nitrogens is 1. The Bertz CT molecular complexity index is 1930. The normalized spacial score (nSPS) is 16.8. The molecule has 8 heteroatoms. The number of H-pyrrole nitrogens is 1. The van der Waals surface area contributed by atoms with E-state index in [2.05, 4.69) is 63.7 Å². The highest BCUT2D eigenvalue weighted by molar-refractivity contribution is 5.87. The van der Waals surface area contributed by atoms with Gasteiger partial charge in [0.1, 0.15) is 17.2 Å². The van der Waals surface area contributed by atoms with Gasteiger partial charge in [-0.1, -0.05) is 60.7 Å². The van der Waals surface area contributed by atoms with Crippen LogP contribution in [0.2, 0.25) is 0 Å². The van der Waals surface area contributed by atoms with E-state index in [1.54, 1.807) is 12.1 Å². The van der Waals surface area contributed by atoms with Crippen LogP contribution in [0.15, 0.2) is 102 Å². The lowest BCUT2D eigenvalue weighted by molar-refractivity contribution is 0.169. The molecule has 1 saturated heterocycles. The number of hydrogen-bond donors (Lipinski definition) is 5. The van der Waals surface area contributed by atoms with E-state index in [4.69, 9.17) is 4.74 Å². The number of phenolic OH excluding ortho intramolecular Hbond substituents is 2. The van der Waals surface area contributed by atoms with Gasteiger partial charge in [-0.2, -0.15) is 0 Å². The van der Waals surface area contributed by atoms with Crippen molar-refractivity contribution in [1.29, 1.82) is 0 Å². The number of likely N-dealkylation sites (tertiary alicyclic amines) is 1. The highest BCUT2D eigenvalue weighted by Crippen LogP contribution is 2.47. The summed E-state index contributed by atoms with van der Waals surface area (Å²) in [5.41, 5.74) is 5.10. The Morgan fingerprint density at radius 2 is 1.59 bits per heavy atom. The number of ether oxygens (including phenoxy) is 1. The van der Waals surface area contributed by atoms with E-state index in [9.17, 15) is 20.1 Å². The summed E-state index contributed by atoms with van der Waals surface area (Å²) in [6.07, 6.45) is 5.37. The fourth-order valence-electron chi connectivity index (χ4n) is 7.47. The molecule has 0 amide bonds. The van der Waals surface area contributed by atoms with Crippen molar-refractivity contribution in [3.8, 4) is 17.2 Å². The molecule has 49 heavy (non-hydrogen) atoms. The summed E-state index contributed by atoms with van der Waals surface area (Å²) in [4.78, 5) is 17.0. The smallest absolute Gasteiger partial charge is 0.248 e. The average Bonchev–Trinajstić information content (AvgIpc) is 3.98. The first-order chi connectivity index (χ1) is 23.9. The van der Waals surface area contributed by atoms with Crippen molar-refractivity contribution in [3.05, 3.63) is 135 Å². The van der Waals surface area contributed by atoms with Crippen LogP contribution in [0.1, 0.15) is 59.6 Å². The molecule has 5 aromatic rings. The molecule has 1 aliphatic carbocycles. The third kappa shape index (κ3) is 7.37. The molecule has 2 aliphatic rings. The second-order valence-electron chi connectivity index (χ2n) is 13.6. The van der Waals surface area contributed by atoms with E-state index in [0.717, 1.165) is 67.3 Å². The number of nitrogens with zero attached hydrogens (tertiary/aromatic N) is 1. The number of aliphatic hydroxyl groups excluding tert-OH is 1. The van der Waals surface area contributed by atoms with Crippen molar-refractivity contribution in [1.82, 2.24) is 15.2 Å². The first-order valence-corrected chi connectivity index (χ1v) is 17.5. The maximum absolute atomic E-state index is 11.7. The van der Waals surface area contributed by atoms with E-state index in [0.29, 0.717) is 41.9 Å². The molecule has 1 saturated carbocycles. The van der Waals surface area contributed by atoms with Crippen LogP contribution < -0.4 is 15.6 Å². The molecule has 0 unspecified atom stereocenters. The molecule has 1 aliphatic heterocycles. The van der Waals surface area contributed by atoms with E-state index in [1.165, 1.54) is 30.5 Å². The van der Waals surface area contributed by atoms with Gasteiger partial charge in [0.25, 0.3) is 0 Å². The van der Waals surface area contributed by atoms with Crippen LogP contribution in [0, 0.1) is 0 Å². The van der Waals surface area contributed by atoms with Gasteiger partial charge in [-0.05, 0) is 104 Å². The van der Waals surface area contributed by atoms with Crippen molar-refractivity contribution in [3.63, 3.8) is 0 Å². The molecular formula is C41H45N3O5. The van der Waals surface area contributed by atoms with Crippen LogP contribution in [0.3, 0.4) is 0 Å². The number of aliphatic hydroxyl groups is 1. The molecule has 0 spiro atoms. The Morgan fingerprint density at radius 3 is 2.35 bits per heavy atom. The van der Waals surface area contributed by atoms with Gasteiger partial charge in [-0.15, -0.1) is 0 Å². The number of phenols is 2. The van der Waals surface area contributed by atoms with E-state index in [1.807, 2.05) is 24.3 Å². The predicted octanol–water partition coefficient (Wildman–Crippen LogP) is 5.97. The topological polar surface area (TPSA) is 118 Å². The minimum atomic E-state index is -0.793. The Hall–Kier alpha value is -4.63. The molecule has 254 valence electrons. The van der Waals surface area contributed by atoms with Crippen molar-refractivity contribution < 1.29 is 20.1 Å². The van der Waals surface area contributed by atoms with Gasteiger partial charge >= 0.3 is 0 Å². The largest absolute Gasteiger partial charge is 0.508 e. The zero-order valence-corrected chi connectivity index (χ0v) is 27.8. The second kappa shape index (κ2) is 14.5. The maximum Gasteiger partial charge on any atom is 0.248 e. The standard InChI is InChI=1S/C41H45N3O5/c45-36-15-8-29(26-35(36)41(30-4-2-1-3-5-30)20-23-44(24-21-41)31-9-10-31)19-25-49-32-11-6-28(7-12-32)18-22-42-27-38(47)33-13-16-37(46)40-34(33)14-17-39(48)43-40/h1-8,11-17,26,31,38,42,45-47H,9-10,18-25,27H2,(H,43,48)/t38-/m0/s1. The van der Waals surface area contributed by atoms with Gasteiger partial charge in [0, 0.05) is 41.4 Å². The Labute approximate surface area is 287 Å².